The van der Waals surface area contributed by atoms with Gasteiger partial charge in [-0.1, -0.05) is 11.6 Å². The Hall–Kier alpha value is -3.06. The Morgan fingerprint density at radius 1 is 1.00 bits per heavy atom. The molecule has 0 bridgehead atoms. The number of benzene rings is 2. The van der Waals surface area contributed by atoms with Crippen molar-refractivity contribution in [2.24, 2.45) is 7.05 Å². The fraction of sp³-hybridized carbons (Fsp3) is 0.200. The number of hydrogen-bond acceptors (Lipinski definition) is 4. The maximum atomic E-state index is 13.6. The molecule has 0 aliphatic carbocycles. The summed E-state index contributed by atoms with van der Waals surface area (Å²) in [5, 5.41) is 0.0827. The van der Waals surface area contributed by atoms with Crippen LogP contribution in [0.5, 0.6) is 11.5 Å². The van der Waals surface area contributed by atoms with Gasteiger partial charge in [0.15, 0.2) is 0 Å². The van der Waals surface area contributed by atoms with Gasteiger partial charge in [-0.3, -0.25) is 13.9 Å². The molecule has 0 aliphatic heterocycles. The molecule has 0 atom stereocenters. The van der Waals surface area contributed by atoms with Crippen molar-refractivity contribution in [2.45, 2.75) is 6.92 Å². The van der Waals surface area contributed by atoms with Gasteiger partial charge in [-0.15, -0.1) is 0 Å². The molecule has 0 amide bonds. The van der Waals surface area contributed by atoms with Gasteiger partial charge in [0.25, 0.3) is 5.56 Å². The van der Waals surface area contributed by atoms with E-state index in [4.69, 9.17) is 21.1 Å². The fourth-order valence-corrected chi connectivity index (χ4v) is 3.27. The molecule has 2 aromatic carbocycles. The van der Waals surface area contributed by atoms with E-state index in [0.717, 1.165) is 10.6 Å². The van der Waals surface area contributed by atoms with Gasteiger partial charge in [-0.05, 0) is 25.1 Å². The lowest BCUT2D eigenvalue weighted by Gasteiger charge is -2.19. The summed E-state index contributed by atoms with van der Waals surface area (Å²) < 4.78 is 26.5. The Labute approximate surface area is 165 Å². The molecule has 3 rings (SSSR count). The fourth-order valence-electron chi connectivity index (χ4n) is 3.02. The molecule has 0 N–H and O–H groups in total. The predicted molar refractivity (Wildman–Crippen MR) is 106 cm³/mol. The second-order valence-electron chi connectivity index (χ2n) is 6.15. The van der Waals surface area contributed by atoms with Crippen LogP contribution in [0.4, 0.5) is 4.39 Å². The molecule has 0 radical (unpaired) electrons. The lowest BCUT2D eigenvalue weighted by Crippen LogP contribution is -2.39. The van der Waals surface area contributed by atoms with Crippen molar-refractivity contribution < 1.29 is 13.9 Å². The van der Waals surface area contributed by atoms with Gasteiger partial charge in [-0.25, -0.2) is 9.18 Å². The van der Waals surface area contributed by atoms with Crippen LogP contribution in [0.2, 0.25) is 5.02 Å². The van der Waals surface area contributed by atoms with Crippen molar-refractivity contribution in [1.29, 1.82) is 0 Å². The van der Waals surface area contributed by atoms with Gasteiger partial charge in [0.2, 0.25) is 0 Å². The molecule has 28 heavy (non-hydrogen) atoms. The molecule has 0 fully saturated rings. The first-order chi connectivity index (χ1) is 13.3. The van der Waals surface area contributed by atoms with Crippen LogP contribution in [-0.4, -0.2) is 23.4 Å². The average molecular weight is 405 g/mol. The number of halogens is 2. The molecule has 0 saturated heterocycles. The first-order valence-electron chi connectivity index (χ1n) is 8.30. The standard InChI is InChI=1S/C20H18ClFN2O4/c1-11-18(16-6-5-12(22)7-17(16)21)24(20(26)23(2)19(11)25)13-8-14(27-3)10-15(9-13)28-4/h5-10H,1-4H3. The molecule has 1 heterocycles. The normalized spacial score (nSPS) is 10.8. The zero-order chi connectivity index (χ0) is 20.6. The number of hydrogen-bond donors (Lipinski definition) is 0. The van der Waals surface area contributed by atoms with Gasteiger partial charge >= 0.3 is 5.69 Å². The summed E-state index contributed by atoms with van der Waals surface area (Å²) in [5.74, 6) is 0.403. The van der Waals surface area contributed by atoms with Crippen LogP contribution in [0.25, 0.3) is 16.9 Å². The molecule has 0 spiro atoms. The first-order valence-corrected chi connectivity index (χ1v) is 8.67. The highest BCUT2D eigenvalue weighted by Gasteiger charge is 2.20. The first kappa shape index (κ1) is 19.7. The van der Waals surface area contributed by atoms with Crippen molar-refractivity contribution in [2.75, 3.05) is 14.2 Å². The van der Waals surface area contributed by atoms with E-state index in [2.05, 4.69) is 0 Å². The molecule has 3 aromatic rings. The van der Waals surface area contributed by atoms with Gasteiger partial charge < -0.3 is 9.47 Å². The number of ether oxygens (including phenoxy) is 2. The van der Waals surface area contributed by atoms with E-state index in [1.165, 1.54) is 38.0 Å². The van der Waals surface area contributed by atoms with E-state index in [1.54, 1.807) is 25.1 Å². The van der Waals surface area contributed by atoms with E-state index < -0.39 is 17.1 Å². The minimum atomic E-state index is -0.582. The highest BCUT2D eigenvalue weighted by Crippen LogP contribution is 2.32. The summed E-state index contributed by atoms with van der Waals surface area (Å²) in [6, 6.07) is 8.72. The van der Waals surface area contributed by atoms with Crippen LogP contribution in [0.15, 0.2) is 46.0 Å². The maximum absolute atomic E-state index is 13.6. The smallest absolute Gasteiger partial charge is 0.335 e. The summed E-state index contributed by atoms with van der Waals surface area (Å²) in [6.07, 6.45) is 0. The Morgan fingerprint density at radius 2 is 1.61 bits per heavy atom. The van der Waals surface area contributed by atoms with E-state index in [1.807, 2.05) is 0 Å². The third-order valence-corrected chi connectivity index (χ3v) is 4.78. The van der Waals surface area contributed by atoms with Crippen LogP contribution in [0.1, 0.15) is 5.56 Å². The van der Waals surface area contributed by atoms with Crippen LogP contribution in [0.3, 0.4) is 0 Å². The summed E-state index contributed by atoms with van der Waals surface area (Å²) >= 11 is 6.24. The second-order valence-corrected chi connectivity index (χ2v) is 6.56. The number of rotatable bonds is 4. The molecule has 0 aliphatic rings. The third kappa shape index (κ3) is 3.29. The summed E-state index contributed by atoms with van der Waals surface area (Å²) in [7, 11) is 4.37. The number of methoxy groups -OCH3 is 2. The van der Waals surface area contributed by atoms with Crippen LogP contribution in [0, 0.1) is 12.7 Å². The lowest BCUT2D eigenvalue weighted by molar-refractivity contribution is 0.394. The van der Waals surface area contributed by atoms with Crippen molar-refractivity contribution in [3.8, 4) is 28.4 Å². The monoisotopic (exact) mass is 404 g/mol. The van der Waals surface area contributed by atoms with Gasteiger partial charge in [0.1, 0.15) is 17.3 Å². The van der Waals surface area contributed by atoms with E-state index in [-0.39, 0.29) is 16.3 Å². The molecule has 146 valence electrons. The number of nitrogens with zero attached hydrogens (tertiary/aromatic N) is 2. The van der Waals surface area contributed by atoms with Crippen LogP contribution in [-0.2, 0) is 7.05 Å². The zero-order valence-corrected chi connectivity index (χ0v) is 16.5. The van der Waals surface area contributed by atoms with Crippen LogP contribution < -0.4 is 20.7 Å². The Bertz CT molecular complexity index is 1160. The highest BCUT2D eigenvalue weighted by molar-refractivity contribution is 6.33. The predicted octanol–water partition coefficient (Wildman–Crippen LogP) is 3.32. The van der Waals surface area contributed by atoms with Crippen molar-refractivity contribution in [3.05, 3.63) is 73.6 Å². The quantitative estimate of drug-likeness (QED) is 0.669. The average Bonchev–Trinajstić information content (AvgIpc) is 2.69. The minimum Gasteiger partial charge on any atom is -0.497 e. The Kier molecular flexibility index (Phi) is 5.29. The van der Waals surface area contributed by atoms with E-state index in [9.17, 15) is 14.0 Å². The molecular formula is C20H18ClFN2O4. The molecule has 1 aromatic heterocycles. The van der Waals surface area contributed by atoms with E-state index >= 15 is 0 Å². The molecule has 6 nitrogen and oxygen atoms in total. The SMILES string of the molecule is COc1cc(OC)cc(-n2c(-c3ccc(F)cc3Cl)c(C)c(=O)n(C)c2=O)c1. The van der Waals surface area contributed by atoms with Gasteiger partial charge in [0.05, 0.1) is 30.6 Å². The molecule has 8 heteroatoms. The highest BCUT2D eigenvalue weighted by atomic mass is 35.5. The van der Waals surface area contributed by atoms with Gasteiger partial charge in [0, 0.05) is 36.4 Å². The Morgan fingerprint density at radius 3 is 2.14 bits per heavy atom. The summed E-state index contributed by atoms with van der Waals surface area (Å²) in [6.45, 7) is 1.59. The summed E-state index contributed by atoms with van der Waals surface area (Å²) in [5.41, 5.74) is 0.283. The topological polar surface area (TPSA) is 62.5 Å². The third-order valence-electron chi connectivity index (χ3n) is 4.46. The summed E-state index contributed by atoms with van der Waals surface area (Å²) in [4.78, 5) is 25.6. The van der Waals surface area contributed by atoms with E-state index in [0.29, 0.717) is 22.7 Å². The lowest BCUT2D eigenvalue weighted by atomic mass is 10.1. The second kappa shape index (κ2) is 7.52. The molecule has 0 saturated carbocycles. The van der Waals surface area contributed by atoms with Crippen LogP contribution >= 0.6 is 11.6 Å². The number of aromatic nitrogens is 2. The zero-order valence-electron chi connectivity index (χ0n) is 15.7. The molecular weight excluding hydrogens is 387 g/mol. The Balaban J connectivity index is 2.48. The van der Waals surface area contributed by atoms with Crippen molar-refractivity contribution in [3.63, 3.8) is 0 Å². The molecule has 0 unspecified atom stereocenters. The largest absolute Gasteiger partial charge is 0.497 e. The van der Waals surface area contributed by atoms with Crippen molar-refractivity contribution in [1.82, 2.24) is 9.13 Å². The van der Waals surface area contributed by atoms with Gasteiger partial charge in [-0.2, -0.15) is 0 Å². The van der Waals surface area contributed by atoms with Crippen molar-refractivity contribution >= 4 is 11.6 Å². The minimum absolute atomic E-state index is 0.0827. The maximum Gasteiger partial charge on any atom is 0.335 e.